The normalized spacial score (nSPS) is 17.6. The Bertz CT molecular complexity index is 610. The van der Waals surface area contributed by atoms with E-state index in [0.717, 1.165) is 0 Å². The monoisotopic (exact) mass is 277 g/mol. The van der Waals surface area contributed by atoms with Crippen molar-refractivity contribution in [2.24, 2.45) is 5.41 Å². The van der Waals surface area contributed by atoms with Crippen molar-refractivity contribution in [3.8, 4) is 0 Å². The molecule has 1 aliphatic rings. The average Bonchev–Trinajstić information content (AvgIpc) is 2.51. The SMILES string of the molecule is CC1(C)CC(=O)N(Cc2ccc([N+](=O)[O-])c(N)c2)C1=O. The maximum atomic E-state index is 12.1. The molecule has 0 bridgehead atoms. The van der Waals surface area contributed by atoms with Crippen molar-refractivity contribution in [3.63, 3.8) is 0 Å². The smallest absolute Gasteiger partial charge is 0.292 e. The first-order valence-corrected chi connectivity index (χ1v) is 6.10. The summed E-state index contributed by atoms with van der Waals surface area (Å²) in [4.78, 5) is 35.2. The molecule has 7 nitrogen and oxygen atoms in total. The number of nitrogens with zero attached hydrogens (tertiary/aromatic N) is 2. The van der Waals surface area contributed by atoms with Crippen LogP contribution in [0.1, 0.15) is 25.8 Å². The van der Waals surface area contributed by atoms with Gasteiger partial charge in [-0.05, 0) is 11.6 Å². The second-order valence-corrected chi connectivity index (χ2v) is 5.50. The van der Waals surface area contributed by atoms with E-state index in [1.807, 2.05) is 0 Å². The number of likely N-dealkylation sites (tertiary alicyclic amines) is 1. The first-order valence-electron chi connectivity index (χ1n) is 6.10. The predicted octanol–water partition coefficient (Wildman–Crippen LogP) is 1.46. The van der Waals surface area contributed by atoms with Crippen molar-refractivity contribution < 1.29 is 14.5 Å². The van der Waals surface area contributed by atoms with Crippen LogP contribution in [0, 0.1) is 15.5 Å². The van der Waals surface area contributed by atoms with Crippen LogP contribution < -0.4 is 5.73 Å². The van der Waals surface area contributed by atoms with Crippen LogP contribution in [0.2, 0.25) is 0 Å². The van der Waals surface area contributed by atoms with Gasteiger partial charge in [0.1, 0.15) is 5.69 Å². The Morgan fingerprint density at radius 2 is 2.05 bits per heavy atom. The molecule has 0 aliphatic carbocycles. The van der Waals surface area contributed by atoms with Gasteiger partial charge in [-0.2, -0.15) is 0 Å². The lowest BCUT2D eigenvalue weighted by Crippen LogP contribution is -2.32. The fraction of sp³-hybridized carbons (Fsp3) is 0.385. The van der Waals surface area contributed by atoms with E-state index in [2.05, 4.69) is 0 Å². The highest BCUT2D eigenvalue weighted by molar-refractivity contribution is 6.05. The molecular formula is C13H15N3O4. The predicted molar refractivity (Wildman–Crippen MR) is 71.5 cm³/mol. The summed E-state index contributed by atoms with van der Waals surface area (Å²) in [5, 5.41) is 10.7. The summed E-state index contributed by atoms with van der Waals surface area (Å²) in [5.41, 5.74) is 5.32. The number of nitro groups is 1. The Balaban J connectivity index is 2.23. The molecule has 2 N–H and O–H groups in total. The molecule has 2 rings (SSSR count). The molecule has 106 valence electrons. The zero-order valence-electron chi connectivity index (χ0n) is 11.3. The van der Waals surface area contributed by atoms with Crippen molar-refractivity contribution >= 4 is 23.2 Å². The van der Waals surface area contributed by atoms with E-state index < -0.39 is 10.3 Å². The largest absolute Gasteiger partial charge is 0.393 e. The molecule has 0 radical (unpaired) electrons. The van der Waals surface area contributed by atoms with Crippen LogP contribution in [0.15, 0.2) is 18.2 Å². The molecule has 1 saturated heterocycles. The molecule has 0 saturated carbocycles. The molecular weight excluding hydrogens is 262 g/mol. The number of carbonyl (C=O) groups is 2. The van der Waals surface area contributed by atoms with Crippen molar-refractivity contribution in [2.75, 3.05) is 5.73 Å². The summed E-state index contributed by atoms with van der Waals surface area (Å²) in [6.07, 6.45) is 0.175. The fourth-order valence-electron chi connectivity index (χ4n) is 2.24. The van der Waals surface area contributed by atoms with Crippen LogP contribution in [0.3, 0.4) is 0 Å². The molecule has 1 heterocycles. The van der Waals surface area contributed by atoms with Gasteiger partial charge in [-0.15, -0.1) is 0 Å². The van der Waals surface area contributed by atoms with Crippen LogP contribution in [-0.4, -0.2) is 21.6 Å². The first kappa shape index (κ1) is 14.0. The number of carbonyl (C=O) groups excluding carboxylic acids is 2. The average molecular weight is 277 g/mol. The minimum absolute atomic E-state index is 0.0193. The van der Waals surface area contributed by atoms with Crippen LogP contribution in [0.25, 0.3) is 0 Å². The van der Waals surface area contributed by atoms with E-state index in [9.17, 15) is 19.7 Å². The van der Waals surface area contributed by atoms with Gasteiger partial charge in [0, 0.05) is 12.5 Å². The Hall–Kier alpha value is -2.44. The molecule has 7 heteroatoms. The number of amides is 2. The van der Waals surface area contributed by atoms with Crippen molar-refractivity contribution in [2.45, 2.75) is 26.8 Å². The van der Waals surface area contributed by atoms with E-state index in [0.29, 0.717) is 5.56 Å². The number of nitrogen functional groups attached to an aromatic ring is 1. The number of rotatable bonds is 3. The highest BCUT2D eigenvalue weighted by Gasteiger charge is 2.44. The number of hydrogen-bond acceptors (Lipinski definition) is 5. The summed E-state index contributed by atoms with van der Waals surface area (Å²) in [5.74, 6) is -0.476. The van der Waals surface area contributed by atoms with Crippen LogP contribution in [-0.2, 0) is 16.1 Å². The zero-order chi connectivity index (χ0) is 15.1. The van der Waals surface area contributed by atoms with E-state index in [1.54, 1.807) is 13.8 Å². The topological polar surface area (TPSA) is 107 Å². The first-order chi connectivity index (χ1) is 9.22. The van der Waals surface area contributed by atoms with Crippen molar-refractivity contribution in [3.05, 3.63) is 33.9 Å². The fourth-order valence-corrected chi connectivity index (χ4v) is 2.24. The van der Waals surface area contributed by atoms with Crippen LogP contribution in [0.4, 0.5) is 11.4 Å². The second kappa shape index (κ2) is 4.59. The van der Waals surface area contributed by atoms with E-state index in [4.69, 9.17) is 5.73 Å². The molecule has 20 heavy (non-hydrogen) atoms. The number of benzene rings is 1. The quantitative estimate of drug-likeness (QED) is 0.389. The number of hydrogen-bond donors (Lipinski definition) is 1. The van der Waals surface area contributed by atoms with Gasteiger partial charge in [0.05, 0.1) is 16.9 Å². The zero-order valence-corrected chi connectivity index (χ0v) is 11.3. The van der Waals surface area contributed by atoms with Gasteiger partial charge in [-0.3, -0.25) is 24.6 Å². The molecule has 1 aliphatic heterocycles. The summed E-state index contributed by atoms with van der Waals surface area (Å²) in [7, 11) is 0. The summed E-state index contributed by atoms with van der Waals surface area (Å²) in [6.45, 7) is 3.53. The van der Waals surface area contributed by atoms with Gasteiger partial charge in [0.15, 0.2) is 0 Å². The van der Waals surface area contributed by atoms with Gasteiger partial charge >= 0.3 is 0 Å². The molecule has 0 unspecified atom stereocenters. The minimum atomic E-state index is -0.691. The van der Waals surface area contributed by atoms with Crippen molar-refractivity contribution in [1.82, 2.24) is 4.90 Å². The molecule has 0 aromatic heterocycles. The summed E-state index contributed by atoms with van der Waals surface area (Å²) in [6, 6.07) is 4.20. The van der Waals surface area contributed by atoms with Crippen molar-refractivity contribution in [1.29, 1.82) is 0 Å². The lowest BCUT2D eigenvalue weighted by Gasteiger charge is -2.17. The Morgan fingerprint density at radius 1 is 1.40 bits per heavy atom. The van der Waals surface area contributed by atoms with E-state index >= 15 is 0 Å². The molecule has 0 spiro atoms. The highest BCUT2D eigenvalue weighted by Crippen LogP contribution is 2.33. The lowest BCUT2D eigenvalue weighted by molar-refractivity contribution is -0.383. The third-order valence-electron chi connectivity index (χ3n) is 3.35. The molecule has 1 aromatic carbocycles. The third kappa shape index (κ3) is 2.34. The molecule has 2 amide bonds. The van der Waals surface area contributed by atoms with E-state index in [1.165, 1.54) is 23.1 Å². The summed E-state index contributed by atoms with van der Waals surface area (Å²) >= 11 is 0. The Morgan fingerprint density at radius 3 is 2.50 bits per heavy atom. The van der Waals surface area contributed by atoms with E-state index in [-0.39, 0.29) is 36.2 Å². The highest BCUT2D eigenvalue weighted by atomic mass is 16.6. The number of anilines is 1. The Kier molecular flexibility index (Phi) is 3.21. The van der Waals surface area contributed by atoms with Gasteiger partial charge in [0.25, 0.3) is 5.69 Å². The molecule has 1 fully saturated rings. The number of nitro benzene ring substituents is 1. The second-order valence-electron chi connectivity index (χ2n) is 5.50. The molecule has 1 aromatic rings. The standard InChI is InChI=1S/C13H15N3O4/c1-13(2)6-11(17)15(12(13)18)7-8-3-4-10(16(19)20)9(14)5-8/h3-5H,6-7,14H2,1-2H3. The molecule has 0 atom stereocenters. The van der Waals surface area contributed by atoms with Gasteiger partial charge < -0.3 is 5.73 Å². The maximum Gasteiger partial charge on any atom is 0.292 e. The van der Waals surface area contributed by atoms with Gasteiger partial charge in [-0.1, -0.05) is 19.9 Å². The van der Waals surface area contributed by atoms with Crippen LogP contribution in [0.5, 0.6) is 0 Å². The maximum absolute atomic E-state index is 12.1. The van der Waals surface area contributed by atoms with Gasteiger partial charge in [-0.25, -0.2) is 0 Å². The Labute approximate surface area is 115 Å². The number of nitrogens with two attached hydrogens (primary N) is 1. The lowest BCUT2D eigenvalue weighted by atomic mass is 9.92. The van der Waals surface area contributed by atoms with Gasteiger partial charge in [0.2, 0.25) is 11.8 Å². The minimum Gasteiger partial charge on any atom is -0.393 e. The number of imide groups is 1. The van der Waals surface area contributed by atoms with Crippen LogP contribution >= 0.6 is 0 Å². The summed E-state index contributed by atoms with van der Waals surface area (Å²) < 4.78 is 0. The third-order valence-corrected chi connectivity index (χ3v) is 3.35.